The molecule has 2 rings (SSSR count). The highest BCUT2D eigenvalue weighted by Gasteiger charge is 2.25. The summed E-state index contributed by atoms with van der Waals surface area (Å²) in [6.45, 7) is 0.494. The van der Waals surface area contributed by atoms with E-state index in [0.717, 1.165) is 18.7 Å². The van der Waals surface area contributed by atoms with Crippen LogP contribution in [0.25, 0.3) is 0 Å². The molecule has 4 nitrogen and oxygen atoms in total. The Kier molecular flexibility index (Phi) is 2.14. The number of nitrogens with two attached hydrogens (primary N) is 1. The number of aromatic amines is 1. The van der Waals surface area contributed by atoms with E-state index in [1.54, 1.807) is 6.20 Å². The number of hydrogen-bond acceptors (Lipinski definition) is 3. The number of nitrogens with one attached hydrogen (secondary N) is 1. The molecular formula is C9H13N3O. The highest BCUT2D eigenvalue weighted by Crippen LogP contribution is 2.37. The largest absolute Gasteiger partial charge is 0.330 e. The summed E-state index contributed by atoms with van der Waals surface area (Å²) in [6.07, 6.45) is 4.56. The number of rotatable bonds is 3. The zero-order valence-electron chi connectivity index (χ0n) is 7.42. The van der Waals surface area contributed by atoms with E-state index in [2.05, 4.69) is 9.97 Å². The van der Waals surface area contributed by atoms with Crippen LogP contribution >= 0.6 is 0 Å². The molecule has 0 spiro atoms. The molecule has 1 aliphatic carbocycles. The maximum atomic E-state index is 11.4. The summed E-state index contributed by atoms with van der Waals surface area (Å²) in [5.41, 5.74) is 6.02. The van der Waals surface area contributed by atoms with Crippen LogP contribution in [-0.2, 0) is 6.42 Å². The van der Waals surface area contributed by atoms with Crippen LogP contribution < -0.4 is 11.3 Å². The van der Waals surface area contributed by atoms with Crippen molar-refractivity contribution in [1.82, 2.24) is 9.97 Å². The molecule has 0 bridgehead atoms. The third kappa shape index (κ3) is 1.78. The lowest BCUT2D eigenvalue weighted by molar-refractivity contribution is 0.859. The van der Waals surface area contributed by atoms with Crippen LogP contribution in [0.5, 0.6) is 0 Å². The predicted octanol–water partition coefficient (Wildman–Crippen LogP) is 0.148. The molecule has 0 radical (unpaired) electrons. The van der Waals surface area contributed by atoms with Gasteiger partial charge in [-0.3, -0.25) is 4.79 Å². The molecule has 1 saturated carbocycles. The van der Waals surface area contributed by atoms with Gasteiger partial charge in [-0.1, -0.05) is 0 Å². The number of nitrogens with zero attached hydrogens (tertiary/aromatic N) is 1. The Morgan fingerprint density at radius 1 is 1.62 bits per heavy atom. The predicted molar refractivity (Wildman–Crippen MR) is 49.6 cm³/mol. The average Bonchev–Trinajstić information content (AvgIpc) is 2.91. The SMILES string of the molecule is NCCc1cnc(C2CC2)[nH]c1=O. The smallest absolute Gasteiger partial charge is 0.254 e. The lowest BCUT2D eigenvalue weighted by atomic mass is 10.2. The summed E-state index contributed by atoms with van der Waals surface area (Å²) in [4.78, 5) is 18.4. The molecular weight excluding hydrogens is 166 g/mol. The molecule has 0 aliphatic heterocycles. The van der Waals surface area contributed by atoms with Crippen LogP contribution in [0.2, 0.25) is 0 Å². The third-order valence-electron chi connectivity index (χ3n) is 2.27. The van der Waals surface area contributed by atoms with Gasteiger partial charge in [-0.15, -0.1) is 0 Å². The normalized spacial score (nSPS) is 16.1. The van der Waals surface area contributed by atoms with Crippen molar-refractivity contribution in [1.29, 1.82) is 0 Å². The molecule has 0 unspecified atom stereocenters. The molecule has 0 amide bonds. The second kappa shape index (κ2) is 3.30. The molecule has 70 valence electrons. The zero-order chi connectivity index (χ0) is 9.26. The monoisotopic (exact) mass is 179 g/mol. The van der Waals surface area contributed by atoms with E-state index < -0.39 is 0 Å². The summed E-state index contributed by atoms with van der Waals surface area (Å²) in [7, 11) is 0. The van der Waals surface area contributed by atoms with Gasteiger partial charge in [0.15, 0.2) is 0 Å². The fourth-order valence-electron chi connectivity index (χ4n) is 1.33. The van der Waals surface area contributed by atoms with Crippen molar-refractivity contribution < 1.29 is 0 Å². The van der Waals surface area contributed by atoms with Crippen LogP contribution in [-0.4, -0.2) is 16.5 Å². The van der Waals surface area contributed by atoms with Crippen molar-refractivity contribution in [2.24, 2.45) is 5.73 Å². The Morgan fingerprint density at radius 2 is 2.38 bits per heavy atom. The fraction of sp³-hybridized carbons (Fsp3) is 0.556. The van der Waals surface area contributed by atoms with Gasteiger partial charge in [-0.2, -0.15) is 0 Å². The minimum Gasteiger partial charge on any atom is -0.330 e. The Hall–Kier alpha value is -1.16. The van der Waals surface area contributed by atoms with E-state index in [-0.39, 0.29) is 5.56 Å². The highest BCUT2D eigenvalue weighted by molar-refractivity contribution is 5.11. The molecule has 1 fully saturated rings. The number of H-pyrrole nitrogens is 1. The third-order valence-corrected chi connectivity index (χ3v) is 2.27. The van der Waals surface area contributed by atoms with E-state index >= 15 is 0 Å². The van der Waals surface area contributed by atoms with E-state index in [0.29, 0.717) is 24.4 Å². The van der Waals surface area contributed by atoms with Crippen LogP contribution in [0, 0.1) is 0 Å². The molecule has 4 heteroatoms. The first kappa shape index (κ1) is 8.44. The van der Waals surface area contributed by atoms with E-state index in [9.17, 15) is 4.79 Å². The Labute approximate surface area is 76.2 Å². The van der Waals surface area contributed by atoms with Crippen molar-refractivity contribution >= 4 is 0 Å². The minimum atomic E-state index is -0.0256. The Morgan fingerprint density at radius 3 is 2.92 bits per heavy atom. The van der Waals surface area contributed by atoms with Gasteiger partial charge in [0.2, 0.25) is 0 Å². The molecule has 0 aromatic carbocycles. The van der Waals surface area contributed by atoms with Crippen molar-refractivity contribution in [3.63, 3.8) is 0 Å². The second-order valence-electron chi connectivity index (χ2n) is 3.44. The van der Waals surface area contributed by atoms with Gasteiger partial charge >= 0.3 is 0 Å². The fourth-order valence-corrected chi connectivity index (χ4v) is 1.33. The molecule has 13 heavy (non-hydrogen) atoms. The zero-order valence-corrected chi connectivity index (χ0v) is 7.42. The topological polar surface area (TPSA) is 71.8 Å². The summed E-state index contributed by atoms with van der Waals surface area (Å²) in [6, 6.07) is 0. The highest BCUT2D eigenvalue weighted by atomic mass is 16.1. The van der Waals surface area contributed by atoms with Crippen molar-refractivity contribution in [3.05, 3.63) is 27.9 Å². The molecule has 0 atom stereocenters. The number of aromatic nitrogens is 2. The van der Waals surface area contributed by atoms with E-state index in [1.807, 2.05) is 0 Å². The average molecular weight is 179 g/mol. The van der Waals surface area contributed by atoms with Gasteiger partial charge in [-0.25, -0.2) is 4.98 Å². The maximum Gasteiger partial charge on any atom is 0.254 e. The van der Waals surface area contributed by atoms with Gasteiger partial charge in [0.25, 0.3) is 5.56 Å². The van der Waals surface area contributed by atoms with E-state index in [1.165, 1.54) is 0 Å². The van der Waals surface area contributed by atoms with Crippen LogP contribution in [0.15, 0.2) is 11.0 Å². The van der Waals surface area contributed by atoms with Crippen molar-refractivity contribution in [2.75, 3.05) is 6.54 Å². The summed E-state index contributed by atoms with van der Waals surface area (Å²) in [5.74, 6) is 1.34. The standard InChI is InChI=1S/C9H13N3O/c10-4-3-7-5-11-8(6-1-2-6)12-9(7)13/h5-6H,1-4,10H2,(H,11,12,13). The lowest BCUT2D eigenvalue weighted by Crippen LogP contribution is -2.18. The first-order valence-electron chi connectivity index (χ1n) is 4.59. The molecule has 1 heterocycles. The molecule has 1 aromatic rings. The molecule has 3 N–H and O–H groups in total. The molecule has 0 saturated heterocycles. The lowest BCUT2D eigenvalue weighted by Gasteiger charge is -1.99. The summed E-state index contributed by atoms with van der Waals surface area (Å²) in [5, 5.41) is 0. The van der Waals surface area contributed by atoms with Gasteiger partial charge in [0, 0.05) is 17.7 Å². The van der Waals surface area contributed by atoms with Crippen LogP contribution in [0.4, 0.5) is 0 Å². The van der Waals surface area contributed by atoms with Gasteiger partial charge in [0.1, 0.15) is 5.82 Å². The second-order valence-corrected chi connectivity index (χ2v) is 3.44. The first-order valence-corrected chi connectivity index (χ1v) is 4.59. The van der Waals surface area contributed by atoms with Crippen molar-refractivity contribution in [2.45, 2.75) is 25.2 Å². The van der Waals surface area contributed by atoms with Gasteiger partial charge in [-0.05, 0) is 25.8 Å². The van der Waals surface area contributed by atoms with Crippen molar-refractivity contribution in [3.8, 4) is 0 Å². The first-order chi connectivity index (χ1) is 6.31. The van der Waals surface area contributed by atoms with Crippen LogP contribution in [0.3, 0.4) is 0 Å². The minimum absolute atomic E-state index is 0.0256. The summed E-state index contributed by atoms with van der Waals surface area (Å²) >= 11 is 0. The van der Waals surface area contributed by atoms with Gasteiger partial charge < -0.3 is 10.7 Å². The van der Waals surface area contributed by atoms with Crippen LogP contribution in [0.1, 0.15) is 30.1 Å². The Balaban J connectivity index is 2.26. The van der Waals surface area contributed by atoms with Gasteiger partial charge in [0.05, 0.1) is 0 Å². The summed E-state index contributed by atoms with van der Waals surface area (Å²) < 4.78 is 0. The Bertz CT molecular complexity index is 354. The molecule has 1 aromatic heterocycles. The maximum absolute atomic E-state index is 11.4. The number of hydrogen-bond donors (Lipinski definition) is 2. The molecule has 1 aliphatic rings. The van der Waals surface area contributed by atoms with E-state index in [4.69, 9.17) is 5.73 Å². The quantitative estimate of drug-likeness (QED) is 0.693.